The third kappa shape index (κ3) is 2.69. The van der Waals surface area contributed by atoms with Crippen molar-refractivity contribution in [2.75, 3.05) is 0 Å². The number of benzene rings is 1. The molecule has 1 aromatic heterocycles. The summed E-state index contributed by atoms with van der Waals surface area (Å²) in [5.74, 6) is 1.33. The lowest BCUT2D eigenvalue weighted by Crippen LogP contribution is -2.05. The monoisotopic (exact) mass is 213 g/mol. The lowest BCUT2D eigenvalue weighted by atomic mass is 9.91. The van der Waals surface area contributed by atoms with Crippen molar-refractivity contribution >= 4 is 18.0 Å². The Hall–Kier alpha value is -1.65. The van der Waals surface area contributed by atoms with Crippen LogP contribution < -0.4 is 0 Å². The van der Waals surface area contributed by atoms with E-state index < -0.39 is 7.12 Å². The van der Waals surface area contributed by atoms with Crippen molar-refractivity contribution in [3.8, 4) is 0 Å². The highest BCUT2D eigenvalue weighted by atomic mass is 16.4. The quantitative estimate of drug-likeness (QED) is 0.756. The van der Waals surface area contributed by atoms with E-state index in [1.54, 1.807) is 6.08 Å². The highest BCUT2D eigenvalue weighted by Gasteiger charge is 1.99. The first-order valence-electron chi connectivity index (χ1n) is 5.13. The molecule has 80 valence electrons. The first-order chi connectivity index (χ1) is 7.75. The molecule has 1 heterocycles. The van der Waals surface area contributed by atoms with E-state index in [2.05, 4.69) is 4.98 Å². The Morgan fingerprint density at radius 3 is 2.75 bits per heavy atom. The number of allylic oxidation sites excluding steroid dienone is 1. The molecule has 1 aromatic carbocycles. The fourth-order valence-corrected chi connectivity index (χ4v) is 1.53. The van der Waals surface area contributed by atoms with Gasteiger partial charge in [-0.2, -0.15) is 0 Å². The number of fused-ring (bicyclic) bond motifs is 1. The Balaban J connectivity index is 2.20. The van der Waals surface area contributed by atoms with Crippen molar-refractivity contribution in [1.82, 2.24) is 4.98 Å². The molecule has 0 aliphatic carbocycles. The van der Waals surface area contributed by atoms with Crippen LogP contribution in [-0.4, -0.2) is 22.2 Å². The Bertz CT molecular complexity index is 511. The number of pyridine rings is 1. The Labute approximate surface area is 94.2 Å². The maximum Gasteiger partial charge on any atom is 0.480 e. The summed E-state index contributed by atoms with van der Waals surface area (Å²) >= 11 is 0. The van der Waals surface area contributed by atoms with Crippen molar-refractivity contribution < 1.29 is 10.0 Å². The molecule has 0 aliphatic heterocycles. The second-order valence-corrected chi connectivity index (χ2v) is 3.54. The van der Waals surface area contributed by atoms with Crippen LogP contribution in [0.3, 0.4) is 0 Å². The van der Waals surface area contributed by atoms with Crippen LogP contribution in [0.4, 0.5) is 0 Å². The zero-order valence-corrected chi connectivity index (χ0v) is 8.74. The number of rotatable bonds is 3. The van der Waals surface area contributed by atoms with E-state index in [9.17, 15) is 0 Å². The van der Waals surface area contributed by atoms with Gasteiger partial charge in [-0.3, -0.25) is 4.98 Å². The van der Waals surface area contributed by atoms with Crippen LogP contribution >= 0.6 is 0 Å². The van der Waals surface area contributed by atoms with Gasteiger partial charge in [0.05, 0.1) is 5.52 Å². The topological polar surface area (TPSA) is 53.4 Å². The van der Waals surface area contributed by atoms with Gasteiger partial charge in [0.25, 0.3) is 0 Å². The molecule has 4 heteroatoms. The third-order valence-electron chi connectivity index (χ3n) is 2.29. The van der Waals surface area contributed by atoms with E-state index in [0.717, 1.165) is 16.6 Å². The van der Waals surface area contributed by atoms with Crippen LogP contribution in [0.1, 0.15) is 5.69 Å². The molecular formula is C12H12BNO2. The highest BCUT2D eigenvalue weighted by Crippen LogP contribution is 2.12. The normalized spacial score (nSPS) is 11.1. The van der Waals surface area contributed by atoms with Crippen LogP contribution in [0.5, 0.6) is 0 Å². The summed E-state index contributed by atoms with van der Waals surface area (Å²) in [7, 11) is -1.39. The molecule has 0 radical (unpaired) electrons. The number of hydrogen-bond donors (Lipinski definition) is 2. The largest absolute Gasteiger partial charge is 0.480 e. The molecule has 0 amide bonds. The molecule has 2 rings (SSSR count). The van der Waals surface area contributed by atoms with E-state index in [4.69, 9.17) is 10.0 Å². The molecule has 0 unspecified atom stereocenters. The highest BCUT2D eigenvalue weighted by molar-refractivity contribution is 6.47. The fourth-order valence-electron chi connectivity index (χ4n) is 1.53. The van der Waals surface area contributed by atoms with Crippen molar-refractivity contribution in [2.24, 2.45) is 0 Å². The van der Waals surface area contributed by atoms with Crippen LogP contribution in [0.15, 0.2) is 48.4 Å². The minimum absolute atomic E-state index is 0.600. The van der Waals surface area contributed by atoms with Gasteiger partial charge in [-0.25, -0.2) is 0 Å². The number of aromatic nitrogens is 1. The summed E-state index contributed by atoms with van der Waals surface area (Å²) in [6.07, 6.45) is 2.30. The van der Waals surface area contributed by atoms with Gasteiger partial charge >= 0.3 is 7.12 Å². The molecule has 0 bridgehead atoms. The lowest BCUT2D eigenvalue weighted by molar-refractivity contribution is 0.424. The number of hydrogen-bond acceptors (Lipinski definition) is 3. The summed E-state index contributed by atoms with van der Waals surface area (Å²) in [6, 6.07) is 11.9. The second-order valence-electron chi connectivity index (χ2n) is 3.54. The van der Waals surface area contributed by atoms with Crippen LogP contribution in [0, 0.1) is 0 Å². The van der Waals surface area contributed by atoms with E-state index in [1.807, 2.05) is 36.4 Å². The van der Waals surface area contributed by atoms with Crippen molar-refractivity contribution in [1.29, 1.82) is 0 Å². The SMILES string of the molecule is OB(O)/C=C/Cc1ccc2ccccc2n1. The first kappa shape index (κ1) is 10.9. The average molecular weight is 213 g/mol. The molecule has 0 saturated heterocycles. The summed E-state index contributed by atoms with van der Waals surface area (Å²) in [4.78, 5) is 4.46. The summed E-state index contributed by atoms with van der Waals surface area (Å²) < 4.78 is 0. The number of nitrogens with zero attached hydrogens (tertiary/aromatic N) is 1. The molecule has 0 spiro atoms. The fraction of sp³-hybridized carbons (Fsp3) is 0.0833. The van der Waals surface area contributed by atoms with Gasteiger partial charge in [0, 0.05) is 17.5 Å². The average Bonchev–Trinajstić information content (AvgIpc) is 2.28. The second kappa shape index (κ2) is 4.92. The first-order valence-corrected chi connectivity index (χ1v) is 5.13. The zero-order valence-electron chi connectivity index (χ0n) is 8.74. The minimum Gasteiger partial charge on any atom is -0.424 e. The standard InChI is InChI=1S/C12H12BNO2/c15-13(16)9-3-5-11-8-7-10-4-1-2-6-12(10)14-11/h1-4,6-9,15-16H,5H2/b9-3+. The van der Waals surface area contributed by atoms with E-state index >= 15 is 0 Å². The molecule has 3 nitrogen and oxygen atoms in total. The number of para-hydroxylation sites is 1. The van der Waals surface area contributed by atoms with Crippen molar-refractivity contribution in [3.05, 3.63) is 54.1 Å². The van der Waals surface area contributed by atoms with E-state index in [-0.39, 0.29) is 0 Å². The van der Waals surface area contributed by atoms with Gasteiger partial charge in [0.15, 0.2) is 0 Å². The molecule has 0 aliphatic rings. The predicted octanol–water partition coefficient (Wildman–Crippen LogP) is 1.35. The van der Waals surface area contributed by atoms with Crippen molar-refractivity contribution in [3.63, 3.8) is 0 Å². The molecule has 0 saturated carbocycles. The van der Waals surface area contributed by atoms with E-state index in [1.165, 1.54) is 5.98 Å². The van der Waals surface area contributed by atoms with Crippen LogP contribution in [-0.2, 0) is 6.42 Å². The molecule has 0 atom stereocenters. The zero-order chi connectivity index (χ0) is 11.4. The molecule has 2 N–H and O–H groups in total. The van der Waals surface area contributed by atoms with Crippen molar-refractivity contribution in [2.45, 2.75) is 6.42 Å². The van der Waals surface area contributed by atoms with Crippen LogP contribution in [0.25, 0.3) is 10.9 Å². The maximum absolute atomic E-state index is 8.65. The van der Waals surface area contributed by atoms with Gasteiger partial charge in [-0.1, -0.05) is 36.3 Å². The smallest absolute Gasteiger partial charge is 0.424 e. The maximum atomic E-state index is 8.65. The van der Waals surface area contributed by atoms with E-state index in [0.29, 0.717) is 6.42 Å². The molecule has 0 fully saturated rings. The molecule has 16 heavy (non-hydrogen) atoms. The van der Waals surface area contributed by atoms with Gasteiger partial charge < -0.3 is 10.0 Å². The van der Waals surface area contributed by atoms with Gasteiger partial charge in [-0.15, -0.1) is 0 Å². The summed E-state index contributed by atoms with van der Waals surface area (Å²) in [5.41, 5.74) is 1.87. The summed E-state index contributed by atoms with van der Waals surface area (Å²) in [6.45, 7) is 0. The third-order valence-corrected chi connectivity index (χ3v) is 2.29. The Morgan fingerprint density at radius 2 is 1.94 bits per heavy atom. The van der Waals surface area contributed by atoms with Gasteiger partial charge in [-0.05, 0) is 12.1 Å². The van der Waals surface area contributed by atoms with Gasteiger partial charge in [0.2, 0.25) is 0 Å². The minimum atomic E-state index is -1.39. The van der Waals surface area contributed by atoms with Crippen LogP contribution in [0.2, 0.25) is 0 Å². The predicted molar refractivity (Wildman–Crippen MR) is 64.8 cm³/mol. The van der Waals surface area contributed by atoms with Gasteiger partial charge in [0.1, 0.15) is 0 Å². The molecular weight excluding hydrogens is 201 g/mol. The lowest BCUT2D eigenvalue weighted by Gasteiger charge is -1.99. The summed E-state index contributed by atoms with van der Waals surface area (Å²) in [5, 5.41) is 18.4. The Morgan fingerprint density at radius 1 is 1.12 bits per heavy atom. The molecule has 2 aromatic rings. The Kier molecular flexibility index (Phi) is 3.34.